The van der Waals surface area contributed by atoms with Crippen molar-refractivity contribution >= 4 is 17.5 Å². The molecule has 0 radical (unpaired) electrons. The summed E-state index contributed by atoms with van der Waals surface area (Å²) in [5, 5.41) is 0. The zero-order chi connectivity index (χ0) is 22.1. The van der Waals surface area contributed by atoms with E-state index in [0.717, 1.165) is 32.7 Å². The first-order chi connectivity index (χ1) is 15.1. The number of hydrogen-bond acceptors (Lipinski definition) is 5. The number of carbonyl (C=O) groups is 2. The number of anilines is 1. The molecule has 1 fully saturated rings. The van der Waals surface area contributed by atoms with Gasteiger partial charge in [0, 0.05) is 11.3 Å². The molecule has 8 nitrogen and oxygen atoms in total. The number of carbonyl (C=O) groups excluding carboxylic acids is 2. The molecule has 0 aromatic heterocycles. The first-order valence-electron chi connectivity index (χ1n) is 10.6. The summed E-state index contributed by atoms with van der Waals surface area (Å²) < 4.78 is 10.7. The maximum atomic E-state index is 12.3. The van der Waals surface area contributed by atoms with Gasteiger partial charge in [-0.25, -0.2) is 0 Å². The van der Waals surface area contributed by atoms with E-state index in [1.165, 1.54) is 17.7 Å². The molecule has 1 aliphatic rings. The van der Waals surface area contributed by atoms with Gasteiger partial charge >= 0.3 is 0 Å². The number of amides is 2. The Morgan fingerprint density at radius 3 is 2.45 bits per heavy atom. The fourth-order valence-electron chi connectivity index (χ4n) is 3.60. The van der Waals surface area contributed by atoms with E-state index in [9.17, 15) is 9.59 Å². The molecule has 166 valence electrons. The largest absolute Gasteiger partial charge is 0.493 e. The van der Waals surface area contributed by atoms with Gasteiger partial charge < -0.3 is 19.3 Å². The molecule has 1 saturated heterocycles. The summed E-state index contributed by atoms with van der Waals surface area (Å²) in [5.41, 5.74) is 6.59. The minimum Gasteiger partial charge on any atom is -0.493 e. The Bertz CT molecular complexity index is 867. The van der Waals surface area contributed by atoms with E-state index < -0.39 is 5.91 Å². The zero-order valence-corrected chi connectivity index (χ0v) is 18.1. The van der Waals surface area contributed by atoms with Crippen molar-refractivity contribution in [2.75, 3.05) is 51.3 Å². The number of rotatable bonds is 8. The van der Waals surface area contributed by atoms with E-state index in [-0.39, 0.29) is 5.91 Å². The summed E-state index contributed by atoms with van der Waals surface area (Å²) in [6.45, 7) is 7.03. The van der Waals surface area contributed by atoms with Crippen molar-refractivity contribution < 1.29 is 24.0 Å². The number of hydrazine groups is 1. The van der Waals surface area contributed by atoms with Crippen molar-refractivity contribution in [1.82, 2.24) is 10.9 Å². The highest BCUT2D eigenvalue weighted by Crippen LogP contribution is 2.27. The maximum absolute atomic E-state index is 12.3. The number of hydrogen-bond donors (Lipinski definition) is 3. The molecule has 8 heteroatoms. The standard InChI is InChI=1S/C23H30N4O4/c1-3-31-20-10-9-18(17-21(20)30-2)23(29)25-24-22(28)11-12-26-13-15-27(16-14-26)19-7-5-4-6-8-19/h4-10,17H,3,11-16H2,1-2H3,(H,24,28)(H,25,29)/p+1. The Kier molecular flexibility index (Phi) is 8.12. The molecule has 0 unspecified atom stereocenters. The molecule has 0 bridgehead atoms. The predicted octanol–water partition coefficient (Wildman–Crippen LogP) is 0.650. The van der Waals surface area contributed by atoms with Crippen LogP contribution in [0.15, 0.2) is 48.5 Å². The topological polar surface area (TPSA) is 84.3 Å². The summed E-state index contributed by atoms with van der Waals surface area (Å²) in [5.74, 6) is 0.433. The van der Waals surface area contributed by atoms with Crippen molar-refractivity contribution in [3.8, 4) is 11.5 Å². The third-order valence-corrected chi connectivity index (χ3v) is 5.34. The quantitative estimate of drug-likeness (QED) is 0.539. The second-order valence-corrected chi connectivity index (χ2v) is 7.37. The van der Waals surface area contributed by atoms with Crippen molar-refractivity contribution in [2.24, 2.45) is 0 Å². The Morgan fingerprint density at radius 2 is 1.77 bits per heavy atom. The Labute approximate surface area is 183 Å². The molecule has 2 aromatic carbocycles. The molecular weight excluding hydrogens is 396 g/mol. The first-order valence-corrected chi connectivity index (χ1v) is 10.6. The fraction of sp³-hybridized carbons (Fsp3) is 0.391. The second-order valence-electron chi connectivity index (χ2n) is 7.37. The lowest BCUT2D eigenvalue weighted by atomic mass is 10.2. The van der Waals surface area contributed by atoms with Crippen molar-refractivity contribution in [3.05, 3.63) is 54.1 Å². The number of methoxy groups -OCH3 is 1. The lowest BCUT2D eigenvalue weighted by Gasteiger charge is -2.33. The monoisotopic (exact) mass is 427 g/mol. The van der Waals surface area contributed by atoms with E-state index in [1.807, 2.05) is 13.0 Å². The van der Waals surface area contributed by atoms with Crippen LogP contribution in [0.3, 0.4) is 0 Å². The van der Waals surface area contributed by atoms with E-state index in [0.29, 0.717) is 30.1 Å². The van der Waals surface area contributed by atoms with Crippen LogP contribution in [0.2, 0.25) is 0 Å². The van der Waals surface area contributed by atoms with Crippen LogP contribution in [0.25, 0.3) is 0 Å². The average molecular weight is 428 g/mol. The molecular formula is C23H31N4O4+. The molecule has 0 atom stereocenters. The van der Waals surface area contributed by atoms with Crippen molar-refractivity contribution in [2.45, 2.75) is 13.3 Å². The lowest BCUT2D eigenvalue weighted by molar-refractivity contribution is -0.900. The number of piperazine rings is 1. The van der Waals surface area contributed by atoms with Gasteiger partial charge in [0.1, 0.15) is 0 Å². The summed E-state index contributed by atoms with van der Waals surface area (Å²) in [6, 6.07) is 15.3. The van der Waals surface area contributed by atoms with Gasteiger partial charge in [-0.1, -0.05) is 18.2 Å². The molecule has 31 heavy (non-hydrogen) atoms. The van der Waals surface area contributed by atoms with Crippen molar-refractivity contribution in [3.63, 3.8) is 0 Å². The minimum absolute atomic E-state index is 0.204. The predicted molar refractivity (Wildman–Crippen MR) is 119 cm³/mol. The number of nitrogens with zero attached hydrogens (tertiary/aromatic N) is 1. The summed E-state index contributed by atoms with van der Waals surface area (Å²) >= 11 is 0. The molecule has 1 aliphatic heterocycles. The highest BCUT2D eigenvalue weighted by atomic mass is 16.5. The van der Waals surface area contributed by atoms with E-state index in [4.69, 9.17) is 9.47 Å². The normalized spacial score (nSPS) is 14.1. The Morgan fingerprint density at radius 1 is 1.03 bits per heavy atom. The lowest BCUT2D eigenvalue weighted by Crippen LogP contribution is -3.15. The van der Waals surface area contributed by atoms with Gasteiger partial charge in [0.15, 0.2) is 11.5 Å². The third-order valence-electron chi connectivity index (χ3n) is 5.34. The van der Waals surface area contributed by atoms with Crippen LogP contribution < -0.4 is 30.1 Å². The zero-order valence-electron chi connectivity index (χ0n) is 18.1. The molecule has 2 amide bonds. The van der Waals surface area contributed by atoms with Crippen LogP contribution in [0.1, 0.15) is 23.7 Å². The molecule has 0 saturated carbocycles. The summed E-state index contributed by atoms with van der Waals surface area (Å²) in [6.07, 6.45) is 0.355. The van der Waals surface area contributed by atoms with Crippen LogP contribution >= 0.6 is 0 Å². The number of ether oxygens (including phenoxy) is 2. The highest BCUT2D eigenvalue weighted by Gasteiger charge is 2.21. The van der Waals surface area contributed by atoms with Gasteiger partial charge in [0.25, 0.3) is 5.91 Å². The molecule has 0 aliphatic carbocycles. The van der Waals surface area contributed by atoms with Crippen LogP contribution in [0, 0.1) is 0 Å². The molecule has 0 spiro atoms. The third kappa shape index (κ3) is 6.36. The molecule has 2 aromatic rings. The summed E-state index contributed by atoms with van der Waals surface area (Å²) in [7, 11) is 1.52. The van der Waals surface area contributed by atoms with Gasteiger partial charge in [0.2, 0.25) is 5.91 Å². The Balaban J connectivity index is 1.39. The first kappa shape index (κ1) is 22.4. The van der Waals surface area contributed by atoms with E-state index in [2.05, 4.69) is 40.0 Å². The minimum atomic E-state index is -0.404. The Hall–Kier alpha value is -3.26. The number of nitrogens with one attached hydrogen (secondary N) is 3. The van der Waals surface area contributed by atoms with Crippen LogP contribution in [-0.4, -0.2) is 58.3 Å². The maximum Gasteiger partial charge on any atom is 0.269 e. The van der Waals surface area contributed by atoms with Crippen LogP contribution in [0.4, 0.5) is 5.69 Å². The molecule has 1 heterocycles. The number of para-hydroxylation sites is 1. The van der Waals surface area contributed by atoms with E-state index >= 15 is 0 Å². The SMILES string of the molecule is CCOc1ccc(C(=O)NNC(=O)CC[NH+]2CCN(c3ccccc3)CC2)cc1OC. The van der Waals surface area contributed by atoms with Gasteiger partial charge in [0.05, 0.1) is 52.9 Å². The van der Waals surface area contributed by atoms with E-state index in [1.54, 1.807) is 18.2 Å². The van der Waals surface area contributed by atoms with Crippen molar-refractivity contribution in [1.29, 1.82) is 0 Å². The molecule has 3 N–H and O–H groups in total. The smallest absolute Gasteiger partial charge is 0.269 e. The van der Waals surface area contributed by atoms with Crippen LogP contribution in [-0.2, 0) is 4.79 Å². The number of benzene rings is 2. The van der Waals surface area contributed by atoms with Crippen LogP contribution in [0.5, 0.6) is 11.5 Å². The highest BCUT2D eigenvalue weighted by molar-refractivity contribution is 5.96. The van der Waals surface area contributed by atoms with Gasteiger partial charge in [-0.3, -0.25) is 20.4 Å². The van der Waals surface area contributed by atoms with Gasteiger partial charge in [-0.15, -0.1) is 0 Å². The average Bonchev–Trinajstić information content (AvgIpc) is 2.82. The second kappa shape index (κ2) is 11.2. The van der Waals surface area contributed by atoms with Gasteiger partial charge in [-0.05, 0) is 37.3 Å². The molecule has 3 rings (SSSR count). The number of quaternary nitrogens is 1. The van der Waals surface area contributed by atoms with Gasteiger partial charge in [-0.2, -0.15) is 0 Å². The summed E-state index contributed by atoms with van der Waals surface area (Å²) in [4.78, 5) is 28.3. The fourth-order valence-corrected chi connectivity index (χ4v) is 3.60.